The molecule has 11 heteroatoms. The van der Waals surface area contributed by atoms with Gasteiger partial charge in [0.25, 0.3) is 0 Å². The van der Waals surface area contributed by atoms with Crippen molar-refractivity contribution in [3.8, 4) is 17.1 Å². The fourth-order valence-corrected chi connectivity index (χ4v) is 3.36. The molecule has 1 fully saturated rings. The van der Waals surface area contributed by atoms with Gasteiger partial charge in [0, 0.05) is 6.07 Å². The number of ether oxygens (including phenoxy) is 2. The quantitative estimate of drug-likeness (QED) is 0.271. The first-order valence-corrected chi connectivity index (χ1v) is 9.91. The molecular weight excluding hydrogens is 461 g/mol. The van der Waals surface area contributed by atoms with Gasteiger partial charge in [-0.3, -0.25) is 10.1 Å². The molecule has 0 N–H and O–H groups in total. The molecule has 0 amide bonds. The highest BCUT2D eigenvalue weighted by atomic mass is 79.9. The molecule has 1 aliphatic carbocycles. The normalized spacial score (nSPS) is 13.4. The zero-order valence-corrected chi connectivity index (χ0v) is 17.5. The van der Waals surface area contributed by atoms with E-state index >= 15 is 0 Å². The van der Waals surface area contributed by atoms with Gasteiger partial charge in [0.2, 0.25) is 5.75 Å². The minimum absolute atomic E-state index is 0.00873. The Kier molecular flexibility index (Phi) is 5.73. The molecule has 2 heterocycles. The molecule has 0 aliphatic heterocycles. The molecule has 0 saturated heterocycles. The van der Waals surface area contributed by atoms with Crippen LogP contribution in [0.5, 0.6) is 5.75 Å². The second-order valence-corrected chi connectivity index (χ2v) is 7.60. The molecule has 30 heavy (non-hydrogen) atoms. The monoisotopic (exact) mass is 477 g/mol. The van der Waals surface area contributed by atoms with E-state index in [0.717, 1.165) is 12.8 Å². The molecule has 4 rings (SSSR count). The lowest BCUT2D eigenvalue weighted by Crippen LogP contribution is -2.03. The third-order valence-electron chi connectivity index (χ3n) is 4.59. The van der Waals surface area contributed by atoms with Crippen LogP contribution in [-0.2, 0) is 18.0 Å². The number of nitro benzene ring substituents is 1. The van der Waals surface area contributed by atoms with E-state index in [1.54, 1.807) is 17.1 Å². The molecule has 3 aromatic rings. The van der Waals surface area contributed by atoms with Crippen molar-refractivity contribution in [2.45, 2.75) is 32.1 Å². The molecule has 0 atom stereocenters. The summed E-state index contributed by atoms with van der Waals surface area (Å²) >= 11 is 3.19. The largest absolute Gasteiger partial charge is 0.490 e. The SMILES string of the molecule is COc1c(-c2ncn(C3CC3)n2)cc(COCc2nc(Br)ccc2F)cc1[N+](=O)[O-]. The van der Waals surface area contributed by atoms with Crippen LogP contribution in [0.4, 0.5) is 10.1 Å². The summed E-state index contributed by atoms with van der Waals surface area (Å²) < 4.78 is 26.9. The first-order valence-electron chi connectivity index (χ1n) is 9.11. The molecule has 1 aromatic carbocycles. The van der Waals surface area contributed by atoms with Gasteiger partial charge in [-0.15, -0.1) is 0 Å². The molecule has 156 valence electrons. The van der Waals surface area contributed by atoms with Crippen LogP contribution < -0.4 is 4.74 Å². The van der Waals surface area contributed by atoms with Crippen LogP contribution in [0.25, 0.3) is 11.4 Å². The van der Waals surface area contributed by atoms with Gasteiger partial charge in [0.1, 0.15) is 22.4 Å². The van der Waals surface area contributed by atoms with E-state index in [-0.39, 0.29) is 30.3 Å². The molecule has 0 bridgehead atoms. The van der Waals surface area contributed by atoms with Crippen molar-refractivity contribution in [2.24, 2.45) is 0 Å². The van der Waals surface area contributed by atoms with E-state index in [4.69, 9.17) is 9.47 Å². The fraction of sp³-hybridized carbons (Fsp3) is 0.316. The zero-order valence-electron chi connectivity index (χ0n) is 15.9. The highest BCUT2D eigenvalue weighted by Gasteiger charge is 2.27. The number of methoxy groups -OCH3 is 1. The fourth-order valence-electron chi connectivity index (χ4n) is 3.01. The lowest BCUT2D eigenvalue weighted by atomic mass is 10.1. The number of nitrogens with zero attached hydrogens (tertiary/aromatic N) is 5. The zero-order chi connectivity index (χ0) is 21.3. The smallest absolute Gasteiger partial charge is 0.312 e. The Morgan fingerprint density at radius 3 is 2.83 bits per heavy atom. The second-order valence-electron chi connectivity index (χ2n) is 6.79. The number of benzene rings is 1. The third-order valence-corrected chi connectivity index (χ3v) is 5.03. The predicted molar refractivity (Wildman–Crippen MR) is 107 cm³/mol. The maximum atomic E-state index is 13.8. The Bertz CT molecular complexity index is 1100. The minimum Gasteiger partial charge on any atom is -0.490 e. The summed E-state index contributed by atoms with van der Waals surface area (Å²) in [6.07, 6.45) is 3.69. The van der Waals surface area contributed by atoms with Crippen LogP contribution in [0.3, 0.4) is 0 Å². The van der Waals surface area contributed by atoms with E-state index in [1.807, 2.05) is 0 Å². The Labute approximate surface area is 179 Å². The lowest BCUT2D eigenvalue weighted by molar-refractivity contribution is -0.385. The van der Waals surface area contributed by atoms with Crippen LogP contribution in [-0.4, -0.2) is 31.8 Å². The number of aromatic nitrogens is 4. The number of rotatable bonds is 8. The van der Waals surface area contributed by atoms with E-state index in [1.165, 1.54) is 25.3 Å². The maximum absolute atomic E-state index is 13.8. The number of hydrogen-bond acceptors (Lipinski definition) is 7. The second kappa shape index (κ2) is 8.44. The first-order chi connectivity index (χ1) is 14.5. The molecule has 1 saturated carbocycles. The first kappa shape index (κ1) is 20.4. The molecule has 1 aliphatic rings. The summed E-state index contributed by atoms with van der Waals surface area (Å²) in [4.78, 5) is 19.4. The summed E-state index contributed by atoms with van der Waals surface area (Å²) in [5.41, 5.74) is 0.827. The van der Waals surface area contributed by atoms with Gasteiger partial charge in [-0.25, -0.2) is 19.0 Å². The number of hydrogen-bond donors (Lipinski definition) is 0. The van der Waals surface area contributed by atoms with Crippen molar-refractivity contribution >= 4 is 21.6 Å². The average Bonchev–Trinajstić information content (AvgIpc) is 3.46. The highest BCUT2D eigenvalue weighted by Crippen LogP contribution is 2.39. The van der Waals surface area contributed by atoms with E-state index in [2.05, 4.69) is 31.0 Å². The van der Waals surface area contributed by atoms with Crippen LogP contribution in [0.1, 0.15) is 30.1 Å². The standard InChI is InChI=1S/C19H17BrFN5O4/c1-29-18-13(19-22-10-25(24-19)12-2-3-12)6-11(7-16(18)26(27)28)8-30-9-15-14(21)4-5-17(20)23-15/h4-7,10,12H,2-3,8-9H2,1H3. The summed E-state index contributed by atoms with van der Waals surface area (Å²) in [6, 6.07) is 6.15. The van der Waals surface area contributed by atoms with Crippen LogP contribution >= 0.6 is 15.9 Å². The van der Waals surface area contributed by atoms with Crippen LogP contribution in [0, 0.1) is 15.9 Å². The highest BCUT2D eigenvalue weighted by molar-refractivity contribution is 9.10. The van der Waals surface area contributed by atoms with Gasteiger partial charge in [-0.1, -0.05) is 0 Å². The molecular formula is C19H17BrFN5O4. The number of pyridine rings is 1. The maximum Gasteiger partial charge on any atom is 0.312 e. The predicted octanol–water partition coefficient (Wildman–Crippen LogP) is 4.21. The Hall–Kier alpha value is -2.92. The van der Waals surface area contributed by atoms with Crippen molar-refractivity contribution in [1.29, 1.82) is 0 Å². The van der Waals surface area contributed by atoms with Crippen molar-refractivity contribution in [3.05, 3.63) is 62.4 Å². The summed E-state index contributed by atoms with van der Waals surface area (Å²) in [6.45, 7) is -0.0796. The summed E-state index contributed by atoms with van der Waals surface area (Å²) in [7, 11) is 1.36. The van der Waals surface area contributed by atoms with E-state index in [0.29, 0.717) is 27.6 Å². The molecule has 2 aromatic heterocycles. The molecule has 0 spiro atoms. The van der Waals surface area contributed by atoms with Crippen LogP contribution in [0.15, 0.2) is 35.2 Å². The topological polar surface area (TPSA) is 105 Å². The Balaban J connectivity index is 1.61. The number of nitro groups is 1. The van der Waals surface area contributed by atoms with E-state index in [9.17, 15) is 14.5 Å². The lowest BCUT2D eigenvalue weighted by Gasteiger charge is -2.10. The van der Waals surface area contributed by atoms with Gasteiger partial charge in [0.15, 0.2) is 5.82 Å². The summed E-state index contributed by atoms with van der Waals surface area (Å²) in [5.74, 6) is -0.0742. The third kappa shape index (κ3) is 4.31. The van der Waals surface area contributed by atoms with Gasteiger partial charge < -0.3 is 9.47 Å². The van der Waals surface area contributed by atoms with Gasteiger partial charge in [-0.05, 0) is 52.5 Å². The van der Waals surface area contributed by atoms with Gasteiger partial charge in [-0.2, -0.15) is 5.10 Å². The van der Waals surface area contributed by atoms with Crippen LogP contribution in [0.2, 0.25) is 0 Å². The molecule has 0 unspecified atom stereocenters. The Morgan fingerprint density at radius 2 is 2.13 bits per heavy atom. The average molecular weight is 478 g/mol. The van der Waals surface area contributed by atoms with Gasteiger partial charge >= 0.3 is 5.69 Å². The minimum atomic E-state index is -0.529. The molecule has 9 nitrogen and oxygen atoms in total. The van der Waals surface area contributed by atoms with E-state index < -0.39 is 10.7 Å². The van der Waals surface area contributed by atoms with Gasteiger partial charge in [0.05, 0.1) is 36.9 Å². The van der Waals surface area contributed by atoms with Crippen molar-refractivity contribution in [2.75, 3.05) is 7.11 Å². The molecule has 0 radical (unpaired) electrons. The summed E-state index contributed by atoms with van der Waals surface area (Å²) in [5, 5.41) is 16.0. The van der Waals surface area contributed by atoms with Crippen molar-refractivity contribution in [1.82, 2.24) is 19.7 Å². The van der Waals surface area contributed by atoms with Crippen molar-refractivity contribution < 1.29 is 18.8 Å². The number of halogens is 2. The van der Waals surface area contributed by atoms with Crippen molar-refractivity contribution in [3.63, 3.8) is 0 Å². The Morgan fingerprint density at radius 1 is 1.33 bits per heavy atom.